The van der Waals surface area contributed by atoms with Crippen molar-refractivity contribution in [2.24, 2.45) is 0 Å². The Morgan fingerprint density at radius 2 is 2.29 bits per heavy atom. The number of H-pyrrole nitrogens is 1. The van der Waals surface area contributed by atoms with Crippen LogP contribution in [0.15, 0.2) is 12.1 Å². The first-order valence-corrected chi connectivity index (χ1v) is 7.69. The van der Waals surface area contributed by atoms with Gasteiger partial charge in [0.2, 0.25) is 0 Å². The quantitative estimate of drug-likeness (QED) is 0.630. The molecule has 0 aliphatic heterocycles. The Labute approximate surface area is 127 Å². The zero-order chi connectivity index (χ0) is 15.2. The number of imidazole rings is 1. The van der Waals surface area contributed by atoms with Gasteiger partial charge in [0.15, 0.2) is 6.29 Å². The van der Waals surface area contributed by atoms with Crippen LogP contribution in [0.5, 0.6) is 0 Å². The van der Waals surface area contributed by atoms with Crippen molar-refractivity contribution in [3.05, 3.63) is 39.1 Å². The van der Waals surface area contributed by atoms with Crippen LogP contribution < -0.4 is 0 Å². The van der Waals surface area contributed by atoms with Crippen LogP contribution in [0.4, 0.5) is 0 Å². The number of esters is 1. The molecule has 0 aromatic carbocycles. The van der Waals surface area contributed by atoms with Crippen molar-refractivity contribution in [1.29, 1.82) is 0 Å². The van der Waals surface area contributed by atoms with Gasteiger partial charge in [-0.15, -0.1) is 11.3 Å². The fourth-order valence-corrected chi connectivity index (χ4v) is 2.97. The van der Waals surface area contributed by atoms with Gasteiger partial charge in [0, 0.05) is 17.7 Å². The van der Waals surface area contributed by atoms with Crippen LogP contribution in [-0.2, 0) is 17.6 Å². The summed E-state index contributed by atoms with van der Waals surface area (Å²) in [5.74, 6) is 0.508. The minimum absolute atomic E-state index is 0.338. The minimum atomic E-state index is -0.338. The zero-order valence-corrected chi connectivity index (χ0v) is 13.0. The van der Waals surface area contributed by atoms with E-state index in [2.05, 4.69) is 21.6 Å². The first kappa shape index (κ1) is 15.4. The number of nitrogens with zero attached hydrogens (tertiary/aromatic N) is 1. The molecule has 21 heavy (non-hydrogen) atoms. The third-order valence-corrected chi connectivity index (χ3v) is 4.20. The van der Waals surface area contributed by atoms with E-state index in [1.54, 1.807) is 6.07 Å². The largest absolute Gasteiger partial charge is 0.465 e. The number of hydrogen-bond donors (Lipinski definition) is 1. The van der Waals surface area contributed by atoms with Gasteiger partial charge in [-0.3, -0.25) is 4.79 Å². The highest BCUT2D eigenvalue weighted by atomic mass is 32.1. The summed E-state index contributed by atoms with van der Waals surface area (Å²) in [4.78, 5) is 31.6. The van der Waals surface area contributed by atoms with E-state index in [4.69, 9.17) is 0 Å². The molecule has 0 radical (unpaired) electrons. The predicted octanol–water partition coefficient (Wildman–Crippen LogP) is 3.00. The Morgan fingerprint density at radius 1 is 1.48 bits per heavy atom. The van der Waals surface area contributed by atoms with Crippen LogP contribution in [0.2, 0.25) is 0 Å². The molecule has 2 aromatic heterocycles. The number of aromatic nitrogens is 2. The number of unbranched alkanes of at least 4 members (excludes halogenated alkanes) is 1. The molecule has 1 N–H and O–H groups in total. The molecule has 2 rings (SSSR count). The van der Waals surface area contributed by atoms with E-state index in [1.165, 1.54) is 18.4 Å². The number of aldehydes is 1. The molecule has 2 aromatic rings. The maximum atomic E-state index is 11.4. The number of methoxy groups -OCH3 is 1. The Morgan fingerprint density at radius 3 is 2.95 bits per heavy atom. The van der Waals surface area contributed by atoms with E-state index >= 15 is 0 Å². The molecule has 0 saturated heterocycles. The second kappa shape index (κ2) is 7.17. The average Bonchev–Trinajstić information content (AvgIpc) is 3.11. The molecule has 2 heterocycles. The van der Waals surface area contributed by atoms with Crippen molar-refractivity contribution in [2.75, 3.05) is 7.11 Å². The van der Waals surface area contributed by atoms with Gasteiger partial charge < -0.3 is 9.72 Å². The van der Waals surface area contributed by atoms with Gasteiger partial charge in [0.1, 0.15) is 16.4 Å². The van der Waals surface area contributed by atoms with E-state index in [9.17, 15) is 9.59 Å². The van der Waals surface area contributed by atoms with Crippen molar-refractivity contribution in [2.45, 2.75) is 32.6 Å². The van der Waals surface area contributed by atoms with E-state index in [-0.39, 0.29) is 5.97 Å². The van der Waals surface area contributed by atoms with Crippen molar-refractivity contribution in [3.63, 3.8) is 0 Å². The number of aromatic amines is 1. The number of ether oxygens (including phenoxy) is 1. The zero-order valence-electron chi connectivity index (χ0n) is 12.1. The highest BCUT2D eigenvalue weighted by molar-refractivity contribution is 7.13. The summed E-state index contributed by atoms with van der Waals surface area (Å²) in [6, 6.07) is 3.61. The molecular weight excluding hydrogens is 288 g/mol. The standard InChI is InChI=1S/C15H18N2O3S/c1-3-4-5-14-16-11(12(9-18)17-14)8-10-6-7-13(21-10)15(19)20-2/h6-7,9H,3-5,8H2,1-2H3,(H,16,17). The molecule has 0 bridgehead atoms. The SMILES string of the molecule is CCCCc1nc(C=O)c(Cc2ccc(C(=O)OC)s2)[nH]1. The summed E-state index contributed by atoms with van der Waals surface area (Å²) in [6.07, 6.45) is 4.30. The molecule has 0 aliphatic rings. The number of hydrogen-bond acceptors (Lipinski definition) is 5. The highest BCUT2D eigenvalue weighted by Gasteiger charge is 2.13. The fraction of sp³-hybridized carbons (Fsp3) is 0.400. The molecule has 5 nitrogen and oxygen atoms in total. The molecule has 0 unspecified atom stereocenters. The molecule has 0 saturated carbocycles. The Balaban J connectivity index is 2.14. The van der Waals surface area contributed by atoms with Gasteiger partial charge in [0.05, 0.1) is 12.8 Å². The molecule has 112 valence electrons. The third-order valence-electron chi connectivity index (χ3n) is 3.14. The third kappa shape index (κ3) is 3.78. The van der Waals surface area contributed by atoms with Crippen molar-refractivity contribution < 1.29 is 14.3 Å². The summed E-state index contributed by atoms with van der Waals surface area (Å²) >= 11 is 1.37. The van der Waals surface area contributed by atoms with Crippen LogP contribution in [-0.4, -0.2) is 29.3 Å². The number of nitrogens with one attached hydrogen (secondary N) is 1. The highest BCUT2D eigenvalue weighted by Crippen LogP contribution is 2.21. The van der Waals surface area contributed by atoms with Gasteiger partial charge in [-0.25, -0.2) is 9.78 Å². The minimum Gasteiger partial charge on any atom is -0.465 e. The first-order valence-electron chi connectivity index (χ1n) is 6.87. The van der Waals surface area contributed by atoms with Crippen molar-refractivity contribution in [3.8, 4) is 0 Å². The second-order valence-corrected chi connectivity index (χ2v) is 5.87. The Hall–Kier alpha value is -1.95. The second-order valence-electron chi connectivity index (χ2n) is 4.70. The van der Waals surface area contributed by atoms with Gasteiger partial charge in [0.25, 0.3) is 0 Å². The van der Waals surface area contributed by atoms with E-state index in [1.807, 2.05) is 6.07 Å². The molecule has 0 aliphatic carbocycles. The molecule has 0 atom stereocenters. The summed E-state index contributed by atoms with van der Waals surface area (Å²) in [6.45, 7) is 2.12. The summed E-state index contributed by atoms with van der Waals surface area (Å²) in [7, 11) is 1.36. The molecule has 6 heteroatoms. The first-order chi connectivity index (χ1) is 10.2. The van der Waals surface area contributed by atoms with E-state index < -0.39 is 0 Å². The number of aryl methyl sites for hydroxylation is 1. The normalized spacial score (nSPS) is 10.6. The smallest absolute Gasteiger partial charge is 0.348 e. The van der Waals surface area contributed by atoms with Gasteiger partial charge >= 0.3 is 5.97 Å². The summed E-state index contributed by atoms with van der Waals surface area (Å²) < 4.78 is 4.69. The van der Waals surface area contributed by atoms with Gasteiger partial charge in [-0.1, -0.05) is 13.3 Å². The van der Waals surface area contributed by atoms with Crippen LogP contribution in [0, 0.1) is 0 Å². The molecule has 0 spiro atoms. The maximum absolute atomic E-state index is 11.4. The predicted molar refractivity (Wildman–Crippen MR) is 81.1 cm³/mol. The average molecular weight is 306 g/mol. The van der Waals surface area contributed by atoms with Crippen molar-refractivity contribution in [1.82, 2.24) is 9.97 Å². The van der Waals surface area contributed by atoms with Crippen LogP contribution >= 0.6 is 11.3 Å². The molecular formula is C15H18N2O3S. The van der Waals surface area contributed by atoms with Crippen LogP contribution in [0.3, 0.4) is 0 Å². The summed E-state index contributed by atoms with van der Waals surface area (Å²) in [5.41, 5.74) is 1.25. The fourth-order valence-electron chi connectivity index (χ4n) is 2.03. The lowest BCUT2D eigenvalue weighted by Gasteiger charge is -1.96. The van der Waals surface area contributed by atoms with E-state index in [0.29, 0.717) is 17.0 Å². The number of carbonyl (C=O) groups excluding carboxylic acids is 2. The van der Waals surface area contributed by atoms with E-state index in [0.717, 1.165) is 41.9 Å². The Kier molecular flexibility index (Phi) is 5.27. The van der Waals surface area contributed by atoms with Crippen LogP contribution in [0.25, 0.3) is 0 Å². The number of rotatable bonds is 7. The number of carbonyl (C=O) groups is 2. The maximum Gasteiger partial charge on any atom is 0.348 e. The lowest BCUT2D eigenvalue weighted by Crippen LogP contribution is -1.96. The van der Waals surface area contributed by atoms with Gasteiger partial charge in [-0.2, -0.15) is 0 Å². The van der Waals surface area contributed by atoms with Crippen LogP contribution in [0.1, 0.15) is 56.3 Å². The molecule has 0 amide bonds. The topological polar surface area (TPSA) is 72.1 Å². The lowest BCUT2D eigenvalue weighted by atomic mass is 10.2. The number of thiophene rings is 1. The monoisotopic (exact) mass is 306 g/mol. The lowest BCUT2D eigenvalue weighted by molar-refractivity contribution is 0.0606. The van der Waals surface area contributed by atoms with Crippen molar-refractivity contribution >= 4 is 23.6 Å². The Bertz CT molecular complexity index is 631. The molecule has 0 fully saturated rings. The summed E-state index contributed by atoms with van der Waals surface area (Å²) in [5, 5.41) is 0. The van der Waals surface area contributed by atoms with Gasteiger partial charge in [-0.05, 0) is 18.6 Å².